The maximum absolute atomic E-state index is 11.5. The number of carboxylic acids is 1. The van der Waals surface area contributed by atoms with Gasteiger partial charge in [-0.15, -0.1) is 0 Å². The molecule has 3 nitrogen and oxygen atoms in total. The number of rotatable bonds is 7. The van der Waals surface area contributed by atoms with E-state index in [0.717, 1.165) is 19.3 Å². The van der Waals surface area contributed by atoms with Crippen LogP contribution in [0.4, 0.5) is 0 Å². The molecule has 2 unspecified atom stereocenters. The van der Waals surface area contributed by atoms with Gasteiger partial charge in [-0.25, -0.2) is 0 Å². The molecule has 1 fully saturated rings. The van der Waals surface area contributed by atoms with Gasteiger partial charge in [-0.3, -0.25) is 4.79 Å². The zero-order valence-corrected chi connectivity index (χ0v) is 9.83. The van der Waals surface area contributed by atoms with Crippen LogP contribution < -0.4 is 5.73 Å². The fourth-order valence-electron chi connectivity index (χ4n) is 2.42. The van der Waals surface area contributed by atoms with Crippen LogP contribution >= 0.6 is 0 Å². The highest BCUT2D eigenvalue weighted by Crippen LogP contribution is 2.45. The molecular weight excluding hydrogens is 190 g/mol. The van der Waals surface area contributed by atoms with Gasteiger partial charge < -0.3 is 10.8 Å². The smallest absolute Gasteiger partial charge is 0.311 e. The van der Waals surface area contributed by atoms with Crippen molar-refractivity contribution in [2.45, 2.75) is 46.0 Å². The van der Waals surface area contributed by atoms with Gasteiger partial charge in [0, 0.05) is 6.54 Å². The summed E-state index contributed by atoms with van der Waals surface area (Å²) in [6, 6.07) is 0. The minimum absolute atomic E-state index is 0.186. The molecule has 1 aliphatic rings. The summed E-state index contributed by atoms with van der Waals surface area (Å²) in [5.41, 5.74) is 5.07. The van der Waals surface area contributed by atoms with Gasteiger partial charge in [0.25, 0.3) is 0 Å². The van der Waals surface area contributed by atoms with Crippen molar-refractivity contribution in [2.24, 2.45) is 23.0 Å². The minimum Gasteiger partial charge on any atom is -0.481 e. The maximum atomic E-state index is 11.5. The number of nitrogens with two attached hydrogens (primary N) is 1. The van der Waals surface area contributed by atoms with Crippen LogP contribution in [0.25, 0.3) is 0 Å². The molecule has 1 rings (SSSR count). The Labute approximate surface area is 92.0 Å². The van der Waals surface area contributed by atoms with Crippen LogP contribution in [-0.2, 0) is 4.79 Å². The summed E-state index contributed by atoms with van der Waals surface area (Å²) < 4.78 is 0. The van der Waals surface area contributed by atoms with Crippen LogP contribution in [0.2, 0.25) is 0 Å². The summed E-state index contributed by atoms with van der Waals surface area (Å²) in [5, 5.41) is 9.42. The quantitative estimate of drug-likeness (QED) is 0.681. The second kappa shape index (κ2) is 4.97. The Morgan fingerprint density at radius 1 is 1.60 bits per heavy atom. The topological polar surface area (TPSA) is 63.3 Å². The molecular formula is C12H23NO2. The van der Waals surface area contributed by atoms with Crippen LogP contribution in [0.15, 0.2) is 0 Å². The molecule has 0 saturated heterocycles. The van der Waals surface area contributed by atoms with E-state index in [9.17, 15) is 9.90 Å². The summed E-state index contributed by atoms with van der Waals surface area (Å²) in [6.07, 6.45) is 5.14. The van der Waals surface area contributed by atoms with Crippen LogP contribution in [0.5, 0.6) is 0 Å². The molecule has 3 heteroatoms. The standard InChI is InChI=1S/C12H23NO2/c1-3-4-9(2)12(8-13,11(14)15)7-10-5-6-10/h9-10H,3-8,13H2,1-2H3,(H,14,15). The van der Waals surface area contributed by atoms with Gasteiger partial charge in [-0.2, -0.15) is 0 Å². The van der Waals surface area contributed by atoms with E-state index in [-0.39, 0.29) is 12.5 Å². The van der Waals surface area contributed by atoms with Crippen LogP contribution in [0.3, 0.4) is 0 Å². The first-order valence-electron chi connectivity index (χ1n) is 6.00. The molecule has 0 heterocycles. The Morgan fingerprint density at radius 3 is 2.53 bits per heavy atom. The molecule has 3 N–H and O–H groups in total. The van der Waals surface area contributed by atoms with Crippen molar-refractivity contribution in [2.75, 3.05) is 6.54 Å². The largest absolute Gasteiger partial charge is 0.481 e. The van der Waals surface area contributed by atoms with Crippen molar-refractivity contribution in [3.63, 3.8) is 0 Å². The molecule has 0 radical (unpaired) electrons. The van der Waals surface area contributed by atoms with E-state index in [1.165, 1.54) is 12.8 Å². The lowest BCUT2D eigenvalue weighted by molar-refractivity contribution is -0.152. The lowest BCUT2D eigenvalue weighted by Gasteiger charge is -2.34. The lowest BCUT2D eigenvalue weighted by Crippen LogP contribution is -2.44. The highest BCUT2D eigenvalue weighted by Gasteiger charge is 2.45. The van der Waals surface area contributed by atoms with E-state index < -0.39 is 11.4 Å². The first-order chi connectivity index (χ1) is 7.06. The predicted molar refractivity (Wildman–Crippen MR) is 60.5 cm³/mol. The molecule has 88 valence electrons. The number of carboxylic acid groups (broad SMARTS) is 1. The zero-order chi connectivity index (χ0) is 11.5. The first kappa shape index (κ1) is 12.5. The minimum atomic E-state index is -0.696. The van der Waals surface area contributed by atoms with Gasteiger partial charge >= 0.3 is 5.97 Å². The molecule has 0 amide bonds. The van der Waals surface area contributed by atoms with Crippen molar-refractivity contribution in [1.29, 1.82) is 0 Å². The highest BCUT2D eigenvalue weighted by atomic mass is 16.4. The molecule has 0 spiro atoms. The number of carbonyl (C=O) groups is 1. The average molecular weight is 213 g/mol. The Kier molecular flexibility index (Phi) is 4.14. The zero-order valence-electron chi connectivity index (χ0n) is 9.83. The van der Waals surface area contributed by atoms with E-state index >= 15 is 0 Å². The molecule has 0 aromatic rings. The van der Waals surface area contributed by atoms with Gasteiger partial charge in [0.2, 0.25) is 0 Å². The van der Waals surface area contributed by atoms with Crippen LogP contribution in [-0.4, -0.2) is 17.6 Å². The third kappa shape index (κ3) is 2.71. The second-order valence-corrected chi connectivity index (χ2v) is 5.00. The fraction of sp³-hybridized carbons (Fsp3) is 0.917. The van der Waals surface area contributed by atoms with E-state index in [2.05, 4.69) is 6.92 Å². The number of hydrogen-bond acceptors (Lipinski definition) is 2. The highest BCUT2D eigenvalue weighted by molar-refractivity contribution is 5.75. The monoisotopic (exact) mass is 213 g/mol. The molecule has 2 atom stereocenters. The lowest BCUT2D eigenvalue weighted by atomic mass is 9.70. The Morgan fingerprint density at radius 2 is 2.20 bits per heavy atom. The van der Waals surface area contributed by atoms with E-state index in [1.54, 1.807) is 0 Å². The Balaban J connectivity index is 2.75. The van der Waals surface area contributed by atoms with Crippen LogP contribution in [0.1, 0.15) is 46.0 Å². The molecule has 1 aliphatic carbocycles. The summed E-state index contributed by atoms with van der Waals surface area (Å²) in [7, 11) is 0. The molecule has 0 aromatic carbocycles. The molecule has 0 aromatic heterocycles. The summed E-state index contributed by atoms with van der Waals surface area (Å²) in [5.74, 6) is 0.104. The summed E-state index contributed by atoms with van der Waals surface area (Å²) in [4.78, 5) is 11.5. The van der Waals surface area contributed by atoms with E-state index in [1.807, 2.05) is 6.92 Å². The summed E-state index contributed by atoms with van der Waals surface area (Å²) in [6.45, 7) is 4.41. The normalized spacial score (nSPS) is 22.1. The number of aliphatic carboxylic acids is 1. The molecule has 0 bridgehead atoms. The maximum Gasteiger partial charge on any atom is 0.311 e. The van der Waals surface area contributed by atoms with E-state index in [0.29, 0.717) is 5.92 Å². The van der Waals surface area contributed by atoms with Crippen molar-refractivity contribution >= 4 is 5.97 Å². The first-order valence-corrected chi connectivity index (χ1v) is 6.00. The van der Waals surface area contributed by atoms with Gasteiger partial charge in [-0.05, 0) is 24.7 Å². The van der Waals surface area contributed by atoms with Gasteiger partial charge in [0.05, 0.1) is 5.41 Å². The third-order valence-corrected chi connectivity index (χ3v) is 3.81. The Hall–Kier alpha value is -0.570. The van der Waals surface area contributed by atoms with Gasteiger partial charge in [-0.1, -0.05) is 33.1 Å². The van der Waals surface area contributed by atoms with Crippen molar-refractivity contribution in [3.8, 4) is 0 Å². The number of hydrogen-bond donors (Lipinski definition) is 2. The van der Waals surface area contributed by atoms with Crippen LogP contribution in [0, 0.1) is 17.3 Å². The van der Waals surface area contributed by atoms with Gasteiger partial charge in [0.1, 0.15) is 0 Å². The second-order valence-electron chi connectivity index (χ2n) is 5.00. The third-order valence-electron chi connectivity index (χ3n) is 3.81. The van der Waals surface area contributed by atoms with Crippen molar-refractivity contribution in [1.82, 2.24) is 0 Å². The molecule has 0 aliphatic heterocycles. The fourth-order valence-corrected chi connectivity index (χ4v) is 2.42. The van der Waals surface area contributed by atoms with Crippen molar-refractivity contribution in [3.05, 3.63) is 0 Å². The molecule has 15 heavy (non-hydrogen) atoms. The predicted octanol–water partition coefficient (Wildman–Crippen LogP) is 2.25. The SMILES string of the molecule is CCCC(C)C(CN)(CC1CC1)C(=O)O. The van der Waals surface area contributed by atoms with Crippen molar-refractivity contribution < 1.29 is 9.90 Å². The van der Waals surface area contributed by atoms with Gasteiger partial charge in [0.15, 0.2) is 0 Å². The average Bonchev–Trinajstić information content (AvgIpc) is 2.97. The summed E-state index contributed by atoms with van der Waals surface area (Å²) >= 11 is 0. The van der Waals surface area contributed by atoms with E-state index in [4.69, 9.17) is 5.73 Å². The Bertz CT molecular complexity index is 226. The molecule has 1 saturated carbocycles.